The van der Waals surface area contributed by atoms with Crippen LogP contribution < -0.4 is 0 Å². The van der Waals surface area contributed by atoms with Crippen LogP contribution in [0.15, 0.2) is 52.4 Å². The van der Waals surface area contributed by atoms with Crippen molar-refractivity contribution in [2.75, 3.05) is 0 Å². The second-order valence-electron chi connectivity index (χ2n) is 6.91. The Labute approximate surface area is 168 Å². The van der Waals surface area contributed by atoms with Gasteiger partial charge in [0.1, 0.15) is 0 Å². The highest BCUT2D eigenvalue weighted by atomic mass is 32.2. The van der Waals surface area contributed by atoms with Crippen molar-refractivity contribution in [3.63, 3.8) is 0 Å². The van der Waals surface area contributed by atoms with Crippen molar-refractivity contribution < 1.29 is 9.72 Å². The van der Waals surface area contributed by atoms with E-state index in [1.54, 1.807) is 30.0 Å². The van der Waals surface area contributed by atoms with Crippen LogP contribution in [0.25, 0.3) is 6.08 Å². The second-order valence-corrected chi connectivity index (χ2v) is 7.92. The third kappa shape index (κ3) is 4.14. The molecule has 1 heterocycles. The van der Waals surface area contributed by atoms with E-state index in [1.165, 1.54) is 17.8 Å². The number of amides is 1. The van der Waals surface area contributed by atoms with Gasteiger partial charge in [0.15, 0.2) is 5.17 Å². The number of benzene rings is 2. The van der Waals surface area contributed by atoms with Gasteiger partial charge < -0.3 is 0 Å². The standard InChI is InChI=1S/C21H21N3O3S/c1-13(2)23-20(25)19(12-16-8-7-15(4)18(11-16)24(26)27)28-21(23)22-17-9-5-14(3)6-10-17/h5-13H,1-4H3/b19-12+,22-21?. The molecule has 2 aromatic rings. The average molecular weight is 395 g/mol. The molecule has 0 aromatic heterocycles. The Kier molecular flexibility index (Phi) is 5.65. The number of carbonyl (C=O) groups excluding carboxylic acids is 1. The largest absolute Gasteiger partial charge is 0.284 e. The highest BCUT2D eigenvalue weighted by molar-refractivity contribution is 8.18. The monoisotopic (exact) mass is 395 g/mol. The van der Waals surface area contributed by atoms with E-state index >= 15 is 0 Å². The topological polar surface area (TPSA) is 75.8 Å². The summed E-state index contributed by atoms with van der Waals surface area (Å²) in [5.74, 6) is -0.144. The van der Waals surface area contributed by atoms with E-state index in [0.29, 0.717) is 21.2 Å². The summed E-state index contributed by atoms with van der Waals surface area (Å²) in [5, 5.41) is 11.8. The molecule has 6 nitrogen and oxygen atoms in total. The molecule has 1 aliphatic rings. The maximum Gasteiger partial charge on any atom is 0.272 e. The van der Waals surface area contributed by atoms with Crippen LogP contribution in [-0.2, 0) is 4.79 Å². The van der Waals surface area contributed by atoms with Crippen LogP contribution >= 0.6 is 11.8 Å². The number of nitro benzene ring substituents is 1. The number of hydrogen-bond donors (Lipinski definition) is 0. The molecule has 1 saturated heterocycles. The minimum atomic E-state index is -0.411. The van der Waals surface area contributed by atoms with Gasteiger partial charge in [-0.2, -0.15) is 0 Å². The lowest BCUT2D eigenvalue weighted by molar-refractivity contribution is -0.385. The summed E-state index contributed by atoms with van der Waals surface area (Å²) in [7, 11) is 0. The number of thioether (sulfide) groups is 1. The first-order valence-corrected chi connectivity index (χ1v) is 9.71. The molecule has 0 saturated carbocycles. The summed E-state index contributed by atoms with van der Waals surface area (Å²) in [6, 6.07) is 12.7. The van der Waals surface area contributed by atoms with Crippen LogP contribution in [0.4, 0.5) is 11.4 Å². The van der Waals surface area contributed by atoms with Crippen LogP contribution in [0.5, 0.6) is 0 Å². The zero-order valence-electron chi connectivity index (χ0n) is 16.2. The maximum atomic E-state index is 12.9. The van der Waals surface area contributed by atoms with Crippen molar-refractivity contribution in [3.05, 3.63) is 74.2 Å². The Morgan fingerprint density at radius 2 is 1.82 bits per heavy atom. The third-order valence-electron chi connectivity index (χ3n) is 4.34. The minimum Gasteiger partial charge on any atom is -0.284 e. The van der Waals surface area contributed by atoms with Gasteiger partial charge in [0, 0.05) is 17.7 Å². The predicted molar refractivity (Wildman–Crippen MR) is 114 cm³/mol. The van der Waals surface area contributed by atoms with Gasteiger partial charge in [-0.25, -0.2) is 4.99 Å². The molecule has 0 radical (unpaired) electrons. The Morgan fingerprint density at radius 1 is 1.14 bits per heavy atom. The van der Waals surface area contributed by atoms with Gasteiger partial charge >= 0.3 is 0 Å². The SMILES string of the molecule is Cc1ccc(N=C2S/C(=C/c3ccc(C)c([N+](=O)[O-])c3)C(=O)N2C(C)C)cc1. The van der Waals surface area contributed by atoms with Gasteiger partial charge in [-0.15, -0.1) is 0 Å². The first kappa shape index (κ1) is 19.8. The zero-order valence-corrected chi connectivity index (χ0v) is 17.0. The first-order valence-electron chi connectivity index (χ1n) is 8.90. The van der Waals surface area contributed by atoms with Crippen molar-refractivity contribution in [2.24, 2.45) is 4.99 Å². The maximum absolute atomic E-state index is 12.9. The summed E-state index contributed by atoms with van der Waals surface area (Å²) in [4.78, 5) is 30.5. The van der Waals surface area contributed by atoms with Crippen molar-refractivity contribution >= 4 is 40.3 Å². The summed E-state index contributed by atoms with van der Waals surface area (Å²) in [5.41, 5.74) is 3.16. The smallest absolute Gasteiger partial charge is 0.272 e. The number of amidine groups is 1. The lowest BCUT2D eigenvalue weighted by Gasteiger charge is -2.19. The Morgan fingerprint density at radius 3 is 2.43 bits per heavy atom. The van der Waals surface area contributed by atoms with Gasteiger partial charge in [-0.1, -0.05) is 29.8 Å². The second kappa shape index (κ2) is 7.98. The van der Waals surface area contributed by atoms with Crippen LogP contribution in [0.3, 0.4) is 0 Å². The van der Waals surface area contributed by atoms with E-state index in [2.05, 4.69) is 4.99 Å². The number of aryl methyl sites for hydroxylation is 2. The summed E-state index contributed by atoms with van der Waals surface area (Å²) < 4.78 is 0. The molecular weight excluding hydrogens is 374 g/mol. The van der Waals surface area contributed by atoms with E-state index in [0.717, 1.165) is 11.3 Å². The minimum absolute atomic E-state index is 0.0408. The van der Waals surface area contributed by atoms with Crippen molar-refractivity contribution in [1.82, 2.24) is 4.90 Å². The number of carbonyl (C=O) groups is 1. The van der Waals surface area contributed by atoms with E-state index in [1.807, 2.05) is 45.0 Å². The van der Waals surface area contributed by atoms with Crippen LogP contribution in [0.1, 0.15) is 30.5 Å². The molecule has 0 atom stereocenters. The number of hydrogen-bond acceptors (Lipinski definition) is 5. The van der Waals surface area contributed by atoms with Crippen LogP contribution in [-0.4, -0.2) is 26.9 Å². The number of nitrogens with zero attached hydrogens (tertiary/aromatic N) is 3. The molecule has 144 valence electrons. The molecule has 1 aliphatic heterocycles. The molecule has 0 bridgehead atoms. The van der Waals surface area contributed by atoms with Crippen molar-refractivity contribution in [1.29, 1.82) is 0 Å². The molecular formula is C21H21N3O3S. The molecule has 0 aliphatic carbocycles. The Balaban J connectivity index is 1.98. The molecule has 7 heteroatoms. The summed E-state index contributed by atoms with van der Waals surface area (Å²) in [6.07, 6.45) is 1.69. The fourth-order valence-corrected chi connectivity index (χ4v) is 3.93. The molecule has 0 unspecified atom stereocenters. The molecule has 1 amide bonds. The van der Waals surface area contributed by atoms with Crippen molar-refractivity contribution in [2.45, 2.75) is 33.7 Å². The van der Waals surface area contributed by atoms with Gasteiger partial charge in [-0.05, 0) is 63.2 Å². The zero-order chi connectivity index (χ0) is 20.4. The molecule has 28 heavy (non-hydrogen) atoms. The summed E-state index contributed by atoms with van der Waals surface area (Å²) >= 11 is 1.29. The van der Waals surface area contributed by atoms with Gasteiger partial charge in [0.25, 0.3) is 11.6 Å². The highest BCUT2D eigenvalue weighted by Gasteiger charge is 2.35. The lowest BCUT2D eigenvalue weighted by Crippen LogP contribution is -2.35. The van der Waals surface area contributed by atoms with E-state index in [9.17, 15) is 14.9 Å². The van der Waals surface area contributed by atoms with E-state index in [-0.39, 0.29) is 17.6 Å². The molecule has 2 aromatic carbocycles. The highest BCUT2D eigenvalue weighted by Crippen LogP contribution is 2.36. The van der Waals surface area contributed by atoms with Gasteiger partial charge in [-0.3, -0.25) is 19.8 Å². The molecule has 1 fully saturated rings. The fraction of sp³-hybridized carbons (Fsp3) is 0.238. The summed E-state index contributed by atoms with van der Waals surface area (Å²) in [6.45, 7) is 7.57. The number of nitro groups is 1. The fourth-order valence-electron chi connectivity index (χ4n) is 2.81. The van der Waals surface area contributed by atoms with Crippen LogP contribution in [0, 0.1) is 24.0 Å². The van der Waals surface area contributed by atoms with E-state index < -0.39 is 4.92 Å². The molecule has 0 N–H and O–H groups in total. The normalized spacial score (nSPS) is 17.2. The van der Waals surface area contributed by atoms with Gasteiger partial charge in [0.2, 0.25) is 0 Å². The average Bonchev–Trinajstić information content (AvgIpc) is 2.93. The predicted octanol–water partition coefficient (Wildman–Crippen LogP) is 5.22. The number of rotatable bonds is 4. The molecule has 3 rings (SSSR count). The Hall–Kier alpha value is -2.93. The van der Waals surface area contributed by atoms with Crippen LogP contribution in [0.2, 0.25) is 0 Å². The number of aliphatic imine (C=N–C) groups is 1. The van der Waals surface area contributed by atoms with Crippen molar-refractivity contribution in [3.8, 4) is 0 Å². The van der Waals surface area contributed by atoms with Gasteiger partial charge in [0.05, 0.1) is 15.5 Å². The Bertz CT molecular complexity index is 994. The lowest BCUT2D eigenvalue weighted by atomic mass is 10.1. The van der Waals surface area contributed by atoms with E-state index in [4.69, 9.17) is 0 Å². The molecule has 0 spiro atoms. The quantitative estimate of drug-likeness (QED) is 0.404. The third-order valence-corrected chi connectivity index (χ3v) is 5.32. The first-order chi connectivity index (χ1) is 13.3.